The Morgan fingerprint density at radius 3 is 2.15 bits per heavy atom. The van der Waals surface area contributed by atoms with Crippen molar-refractivity contribution < 1.29 is 14.3 Å². The number of piperazine rings is 1. The van der Waals surface area contributed by atoms with E-state index >= 15 is 0 Å². The Kier molecular flexibility index (Phi) is 6.84. The van der Waals surface area contributed by atoms with Gasteiger partial charge in [-0.25, -0.2) is 4.90 Å². The molecule has 2 heterocycles. The number of carbonyl (C=O) groups excluding carboxylic acids is 2. The monoisotopic (exact) mass is 447 g/mol. The lowest BCUT2D eigenvalue weighted by Crippen LogP contribution is -2.47. The van der Waals surface area contributed by atoms with Gasteiger partial charge in [0, 0.05) is 26.2 Å². The van der Waals surface area contributed by atoms with Gasteiger partial charge in [0.2, 0.25) is 0 Å². The zero-order valence-electron chi connectivity index (χ0n) is 20.1. The second kappa shape index (κ2) is 9.79. The number of hydrogen-bond acceptors (Lipinski definition) is 5. The van der Waals surface area contributed by atoms with Crippen LogP contribution in [-0.4, -0.2) is 60.9 Å². The zero-order valence-corrected chi connectivity index (χ0v) is 20.1. The Hall–Kier alpha value is -3.12. The summed E-state index contributed by atoms with van der Waals surface area (Å²) < 4.78 is 5.71. The van der Waals surface area contributed by atoms with Crippen LogP contribution < -0.4 is 9.64 Å². The van der Waals surface area contributed by atoms with E-state index in [2.05, 4.69) is 23.6 Å². The first-order valence-electron chi connectivity index (χ1n) is 11.9. The van der Waals surface area contributed by atoms with Crippen molar-refractivity contribution in [2.75, 3.05) is 44.2 Å². The van der Waals surface area contributed by atoms with Crippen LogP contribution in [0.2, 0.25) is 0 Å². The number of rotatable bonds is 7. The Balaban J connectivity index is 1.73. The predicted octanol–water partition coefficient (Wildman–Crippen LogP) is 4.01. The lowest BCUT2D eigenvalue weighted by atomic mass is 10.0. The third kappa shape index (κ3) is 4.53. The summed E-state index contributed by atoms with van der Waals surface area (Å²) in [5, 5.41) is 0. The Bertz CT molecular complexity index is 1070. The van der Waals surface area contributed by atoms with E-state index in [1.54, 1.807) is 0 Å². The maximum Gasteiger partial charge on any atom is 0.282 e. The van der Waals surface area contributed by atoms with Crippen molar-refractivity contribution >= 4 is 23.1 Å². The van der Waals surface area contributed by atoms with E-state index in [-0.39, 0.29) is 11.8 Å². The Morgan fingerprint density at radius 2 is 1.55 bits per heavy atom. The van der Waals surface area contributed by atoms with Crippen molar-refractivity contribution in [1.82, 2.24) is 9.80 Å². The highest BCUT2D eigenvalue weighted by Gasteiger charge is 2.43. The summed E-state index contributed by atoms with van der Waals surface area (Å²) in [5.74, 6) is 0.259. The normalized spacial score (nSPS) is 17.3. The minimum Gasteiger partial charge on any atom is -0.494 e. The fourth-order valence-electron chi connectivity index (χ4n) is 4.40. The molecule has 0 radical (unpaired) electrons. The molecule has 0 aromatic heterocycles. The van der Waals surface area contributed by atoms with Crippen LogP contribution in [0.5, 0.6) is 5.75 Å². The molecule has 6 heteroatoms. The highest BCUT2D eigenvalue weighted by atomic mass is 16.5. The van der Waals surface area contributed by atoms with Crippen molar-refractivity contribution in [1.29, 1.82) is 0 Å². The van der Waals surface area contributed by atoms with Crippen molar-refractivity contribution in [2.24, 2.45) is 0 Å². The zero-order chi connectivity index (χ0) is 23.5. The number of amides is 2. The number of carbonyl (C=O) groups is 2. The molecule has 2 aliphatic rings. The molecule has 33 heavy (non-hydrogen) atoms. The van der Waals surface area contributed by atoms with Gasteiger partial charge in [0.1, 0.15) is 11.4 Å². The molecule has 0 N–H and O–H groups in total. The summed E-state index contributed by atoms with van der Waals surface area (Å²) in [6.45, 7) is 13.1. The number of benzene rings is 2. The quantitative estimate of drug-likeness (QED) is 0.600. The third-order valence-electron chi connectivity index (χ3n) is 6.56. The molecule has 174 valence electrons. The van der Waals surface area contributed by atoms with Gasteiger partial charge in [-0.2, -0.15) is 0 Å². The van der Waals surface area contributed by atoms with E-state index in [1.165, 1.54) is 4.90 Å². The molecule has 2 aliphatic heterocycles. The van der Waals surface area contributed by atoms with Crippen LogP contribution in [0.3, 0.4) is 0 Å². The molecule has 0 aliphatic carbocycles. The molecule has 4 rings (SSSR count). The van der Waals surface area contributed by atoms with Gasteiger partial charge in [0.15, 0.2) is 0 Å². The van der Waals surface area contributed by atoms with Crippen LogP contribution in [0.4, 0.5) is 5.69 Å². The van der Waals surface area contributed by atoms with Crippen LogP contribution >= 0.6 is 0 Å². The molecule has 1 saturated heterocycles. The third-order valence-corrected chi connectivity index (χ3v) is 6.56. The number of anilines is 1. The Morgan fingerprint density at radius 1 is 0.848 bits per heavy atom. The van der Waals surface area contributed by atoms with Crippen LogP contribution in [0, 0.1) is 13.8 Å². The van der Waals surface area contributed by atoms with Gasteiger partial charge >= 0.3 is 0 Å². The van der Waals surface area contributed by atoms with Crippen LogP contribution in [0.25, 0.3) is 5.57 Å². The maximum atomic E-state index is 13.7. The van der Waals surface area contributed by atoms with Gasteiger partial charge in [-0.1, -0.05) is 32.0 Å². The van der Waals surface area contributed by atoms with Gasteiger partial charge in [-0.05, 0) is 67.8 Å². The van der Waals surface area contributed by atoms with Crippen LogP contribution in [0.1, 0.15) is 37.0 Å². The van der Waals surface area contributed by atoms with E-state index in [0.717, 1.165) is 61.6 Å². The largest absolute Gasteiger partial charge is 0.494 e. The fraction of sp³-hybridized carbons (Fsp3) is 0.407. The summed E-state index contributed by atoms with van der Waals surface area (Å²) in [7, 11) is 0. The number of imide groups is 1. The second-order valence-corrected chi connectivity index (χ2v) is 8.73. The van der Waals surface area contributed by atoms with E-state index in [0.29, 0.717) is 23.6 Å². The van der Waals surface area contributed by atoms with Crippen LogP contribution in [-0.2, 0) is 9.59 Å². The molecule has 0 bridgehead atoms. The minimum atomic E-state index is -0.265. The van der Waals surface area contributed by atoms with Crippen molar-refractivity contribution in [3.8, 4) is 5.75 Å². The Labute approximate surface area is 196 Å². The van der Waals surface area contributed by atoms with Gasteiger partial charge < -0.3 is 14.5 Å². The predicted molar refractivity (Wildman–Crippen MR) is 131 cm³/mol. The molecule has 1 fully saturated rings. The van der Waals surface area contributed by atoms with Gasteiger partial charge in [-0.15, -0.1) is 0 Å². The lowest BCUT2D eigenvalue weighted by molar-refractivity contribution is -0.120. The summed E-state index contributed by atoms with van der Waals surface area (Å²) >= 11 is 0. The van der Waals surface area contributed by atoms with E-state index in [1.807, 2.05) is 56.3 Å². The highest BCUT2D eigenvalue weighted by Crippen LogP contribution is 2.36. The van der Waals surface area contributed by atoms with Crippen molar-refractivity contribution in [3.63, 3.8) is 0 Å². The molecule has 0 spiro atoms. The summed E-state index contributed by atoms with van der Waals surface area (Å²) in [6, 6.07) is 13.3. The minimum absolute atomic E-state index is 0.241. The average Bonchev–Trinajstić information content (AvgIpc) is 3.09. The first kappa shape index (κ1) is 23.1. The molecule has 0 unspecified atom stereocenters. The molecule has 2 amide bonds. The first-order chi connectivity index (χ1) is 15.9. The number of likely N-dealkylation sites (N-methyl/N-ethyl adjacent to an activating group) is 1. The van der Waals surface area contributed by atoms with Crippen molar-refractivity contribution in [2.45, 2.75) is 34.1 Å². The van der Waals surface area contributed by atoms with Gasteiger partial charge in [0.05, 0.1) is 17.9 Å². The summed E-state index contributed by atoms with van der Waals surface area (Å²) in [6.07, 6.45) is 0.929. The highest BCUT2D eigenvalue weighted by molar-refractivity contribution is 6.45. The second-order valence-electron chi connectivity index (χ2n) is 8.73. The maximum absolute atomic E-state index is 13.7. The molecule has 2 aromatic carbocycles. The first-order valence-corrected chi connectivity index (χ1v) is 11.9. The number of ether oxygens (including phenoxy) is 1. The molecule has 2 aromatic rings. The summed E-state index contributed by atoms with van der Waals surface area (Å²) in [5.41, 5.74) is 4.54. The topological polar surface area (TPSA) is 53.1 Å². The van der Waals surface area contributed by atoms with Crippen LogP contribution in [0.15, 0.2) is 48.2 Å². The molecule has 0 atom stereocenters. The van der Waals surface area contributed by atoms with E-state index in [4.69, 9.17) is 4.74 Å². The van der Waals surface area contributed by atoms with E-state index in [9.17, 15) is 9.59 Å². The number of nitrogens with zero attached hydrogens (tertiary/aromatic N) is 3. The number of aryl methyl sites for hydroxylation is 2. The molecular weight excluding hydrogens is 414 g/mol. The van der Waals surface area contributed by atoms with Gasteiger partial charge in [-0.3, -0.25) is 9.59 Å². The summed E-state index contributed by atoms with van der Waals surface area (Å²) in [4.78, 5) is 33.2. The average molecular weight is 448 g/mol. The standard InChI is InChI=1S/C27H33N3O3/c1-5-17-33-23-11-8-21(9-12-23)24-25(29-15-13-28(6-2)14-16-29)27(32)30(26(24)31)22-10-7-19(3)20(4)18-22/h7-12,18H,5-6,13-17H2,1-4H3. The molecule has 0 saturated carbocycles. The van der Waals surface area contributed by atoms with E-state index < -0.39 is 0 Å². The smallest absolute Gasteiger partial charge is 0.282 e. The van der Waals surface area contributed by atoms with Gasteiger partial charge in [0.25, 0.3) is 11.8 Å². The number of hydrogen-bond donors (Lipinski definition) is 0. The lowest BCUT2D eigenvalue weighted by Gasteiger charge is -2.36. The fourth-order valence-corrected chi connectivity index (χ4v) is 4.40. The SMILES string of the molecule is CCCOc1ccc(C2=C(N3CCN(CC)CC3)C(=O)N(c3ccc(C)c(C)c3)C2=O)cc1. The molecular formula is C27H33N3O3. The molecule has 6 nitrogen and oxygen atoms in total. The van der Waals surface area contributed by atoms with Crippen molar-refractivity contribution in [3.05, 3.63) is 64.9 Å².